The maximum atomic E-state index is 13.9. The third-order valence-electron chi connectivity index (χ3n) is 4.94. The summed E-state index contributed by atoms with van der Waals surface area (Å²) >= 11 is 0. The van der Waals surface area contributed by atoms with Gasteiger partial charge in [0, 0.05) is 6.26 Å². The van der Waals surface area contributed by atoms with Gasteiger partial charge in [0.1, 0.15) is 19.0 Å². The maximum absolute atomic E-state index is 13.9. The number of nitrogens with zero attached hydrogens (tertiary/aromatic N) is 1. The highest BCUT2D eigenvalue weighted by Gasteiger charge is 2.26. The van der Waals surface area contributed by atoms with Gasteiger partial charge in [0.15, 0.2) is 9.84 Å². The zero-order valence-electron chi connectivity index (χ0n) is 17.3. The van der Waals surface area contributed by atoms with Crippen molar-refractivity contribution in [3.05, 3.63) is 80.7 Å². The molecular formula is C22H20FNO7S. The number of hydrogen-bond acceptors (Lipinski definition) is 7. The zero-order valence-corrected chi connectivity index (χ0v) is 18.1. The van der Waals surface area contributed by atoms with Crippen LogP contribution in [0, 0.1) is 15.9 Å². The quantitative estimate of drug-likeness (QED) is 0.255. The Labute approximate surface area is 184 Å². The lowest BCUT2D eigenvalue weighted by atomic mass is 10.0. The molecule has 0 atom stereocenters. The summed E-state index contributed by atoms with van der Waals surface area (Å²) < 4.78 is 42.2. The van der Waals surface area contributed by atoms with Crippen molar-refractivity contribution in [2.45, 2.75) is 18.2 Å². The fraction of sp³-hybridized carbons (Fsp3) is 0.227. The Morgan fingerprint density at radius 2 is 1.81 bits per heavy atom. The van der Waals surface area contributed by atoms with Crippen LogP contribution in [0.2, 0.25) is 0 Å². The summed E-state index contributed by atoms with van der Waals surface area (Å²) in [6, 6.07) is 10.6. The molecule has 0 saturated heterocycles. The Morgan fingerprint density at radius 3 is 2.44 bits per heavy atom. The molecule has 0 N–H and O–H groups in total. The smallest absolute Gasteiger partial charge is 0.310 e. The highest BCUT2D eigenvalue weighted by Crippen LogP contribution is 2.44. The second-order valence-corrected chi connectivity index (χ2v) is 9.16. The molecule has 0 unspecified atom stereocenters. The summed E-state index contributed by atoms with van der Waals surface area (Å²) in [5.41, 5.74) is 4.12. The summed E-state index contributed by atoms with van der Waals surface area (Å²) in [6.07, 6.45) is 2.82. The largest absolute Gasteiger partial charge is 0.463 e. The van der Waals surface area contributed by atoms with E-state index >= 15 is 0 Å². The number of allylic oxidation sites excluding steroid dienone is 2. The van der Waals surface area contributed by atoms with Crippen LogP contribution in [-0.2, 0) is 24.2 Å². The molecule has 0 saturated carbocycles. The molecule has 0 fully saturated rings. The number of esters is 1. The van der Waals surface area contributed by atoms with Crippen LogP contribution in [0.4, 0.5) is 4.39 Å². The number of halogens is 1. The monoisotopic (exact) mass is 461 g/mol. The summed E-state index contributed by atoms with van der Waals surface area (Å²) in [5.74, 6) is -1.08. The average Bonchev–Trinajstić information content (AvgIpc) is 2.96. The van der Waals surface area contributed by atoms with E-state index in [4.69, 9.17) is 4.74 Å². The predicted octanol–water partition coefficient (Wildman–Crippen LogP) is 3.70. The minimum absolute atomic E-state index is 0.148. The first-order valence-electron chi connectivity index (χ1n) is 9.51. The van der Waals surface area contributed by atoms with Crippen molar-refractivity contribution >= 4 is 33.0 Å². The van der Waals surface area contributed by atoms with Crippen molar-refractivity contribution in [1.82, 2.24) is 0 Å². The topological polar surface area (TPSA) is 113 Å². The van der Waals surface area contributed by atoms with Crippen molar-refractivity contribution in [2.75, 3.05) is 19.5 Å². The Morgan fingerprint density at radius 1 is 1.12 bits per heavy atom. The van der Waals surface area contributed by atoms with E-state index < -0.39 is 26.7 Å². The summed E-state index contributed by atoms with van der Waals surface area (Å²) in [7, 11) is -3.32. The lowest BCUT2D eigenvalue weighted by Gasteiger charge is -2.07. The van der Waals surface area contributed by atoms with E-state index in [2.05, 4.69) is 4.84 Å². The maximum Gasteiger partial charge on any atom is 0.310 e. The lowest BCUT2D eigenvalue weighted by molar-refractivity contribution is -0.757. The minimum atomic E-state index is -3.32. The van der Waals surface area contributed by atoms with Gasteiger partial charge in [0.25, 0.3) is 5.09 Å². The van der Waals surface area contributed by atoms with E-state index in [9.17, 15) is 27.7 Å². The van der Waals surface area contributed by atoms with Crippen LogP contribution < -0.4 is 0 Å². The fourth-order valence-electron chi connectivity index (χ4n) is 3.42. The molecule has 8 nitrogen and oxygen atoms in total. The molecule has 2 aromatic carbocycles. The molecule has 0 spiro atoms. The molecule has 1 aliphatic rings. The lowest BCUT2D eigenvalue weighted by Crippen LogP contribution is -2.13. The van der Waals surface area contributed by atoms with E-state index in [1.807, 2.05) is 6.08 Å². The normalized spacial score (nSPS) is 14.4. The SMILES string of the molecule is CC1=C(CC(=O)OCCO[N+](=O)[O-])c2cc(F)ccc2/C1=C\c1ccc(S(C)(=O)=O)cc1. The van der Waals surface area contributed by atoms with E-state index in [1.165, 1.54) is 24.3 Å². The Bertz CT molecular complexity index is 1230. The van der Waals surface area contributed by atoms with Crippen LogP contribution in [-0.4, -0.2) is 38.9 Å². The standard InChI is InChI=1S/C22H20FNO7S/c1-14-19(11-15-3-6-17(7-4-15)32(2,28)29)18-8-5-16(23)12-21(18)20(14)13-22(25)30-9-10-31-24(26)27/h3-8,11-12H,9-10,13H2,1-2H3/b19-11-. The van der Waals surface area contributed by atoms with Crippen LogP contribution in [0.3, 0.4) is 0 Å². The molecule has 32 heavy (non-hydrogen) atoms. The summed E-state index contributed by atoms with van der Waals surface area (Å²) in [4.78, 5) is 26.7. The number of hydrogen-bond donors (Lipinski definition) is 0. The van der Waals surface area contributed by atoms with Crippen molar-refractivity contribution in [3.8, 4) is 0 Å². The van der Waals surface area contributed by atoms with Gasteiger partial charge in [0.2, 0.25) is 0 Å². The first-order valence-corrected chi connectivity index (χ1v) is 11.4. The molecule has 0 heterocycles. The van der Waals surface area contributed by atoms with Crippen LogP contribution in [0.5, 0.6) is 0 Å². The van der Waals surface area contributed by atoms with Gasteiger partial charge < -0.3 is 9.57 Å². The number of sulfone groups is 1. The average molecular weight is 461 g/mol. The van der Waals surface area contributed by atoms with Crippen LogP contribution in [0.1, 0.15) is 30.0 Å². The van der Waals surface area contributed by atoms with Gasteiger partial charge in [0.05, 0.1) is 11.3 Å². The van der Waals surface area contributed by atoms with Gasteiger partial charge in [-0.25, -0.2) is 12.8 Å². The minimum Gasteiger partial charge on any atom is -0.463 e. The molecule has 3 rings (SSSR count). The molecule has 0 radical (unpaired) electrons. The molecule has 0 aliphatic heterocycles. The first kappa shape index (κ1) is 23.1. The number of rotatable bonds is 8. The molecule has 0 bridgehead atoms. The number of carbonyl (C=O) groups excluding carboxylic acids is 1. The van der Waals surface area contributed by atoms with Crippen LogP contribution in [0.15, 0.2) is 52.9 Å². The van der Waals surface area contributed by atoms with Gasteiger partial charge in [-0.05, 0) is 70.7 Å². The molecule has 168 valence electrons. The molecular weight excluding hydrogens is 441 g/mol. The molecule has 10 heteroatoms. The van der Waals surface area contributed by atoms with Gasteiger partial charge in [-0.1, -0.05) is 18.2 Å². The van der Waals surface area contributed by atoms with E-state index in [-0.39, 0.29) is 24.5 Å². The number of fused-ring (bicyclic) bond motifs is 1. The van der Waals surface area contributed by atoms with Gasteiger partial charge >= 0.3 is 5.97 Å². The van der Waals surface area contributed by atoms with E-state index in [0.29, 0.717) is 11.1 Å². The van der Waals surface area contributed by atoms with Crippen molar-refractivity contribution in [3.63, 3.8) is 0 Å². The highest BCUT2D eigenvalue weighted by atomic mass is 32.2. The molecule has 2 aromatic rings. The van der Waals surface area contributed by atoms with E-state index in [0.717, 1.165) is 28.5 Å². The Hall–Kier alpha value is -3.53. The zero-order chi connectivity index (χ0) is 23.5. The van der Waals surface area contributed by atoms with E-state index in [1.54, 1.807) is 25.1 Å². The van der Waals surface area contributed by atoms with Gasteiger partial charge in [-0.3, -0.25) is 4.79 Å². The highest BCUT2D eigenvalue weighted by molar-refractivity contribution is 7.90. The fourth-order valence-corrected chi connectivity index (χ4v) is 4.05. The van der Waals surface area contributed by atoms with Crippen LogP contribution in [0.25, 0.3) is 17.2 Å². The summed E-state index contributed by atoms with van der Waals surface area (Å²) in [5, 5.41) is 9.18. The second-order valence-electron chi connectivity index (χ2n) is 7.15. The van der Waals surface area contributed by atoms with Crippen molar-refractivity contribution in [1.29, 1.82) is 0 Å². The van der Waals surface area contributed by atoms with Gasteiger partial charge in [-0.2, -0.15) is 0 Å². The van der Waals surface area contributed by atoms with Crippen LogP contribution >= 0.6 is 0 Å². The third kappa shape index (κ3) is 5.38. The molecule has 0 aromatic heterocycles. The van der Waals surface area contributed by atoms with Crippen molar-refractivity contribution < 1.29 is 32.3 Å². The summed E-state index contributed by atoms with van der Waals surface area (Å²) in [6.45, 7) is 1.14. The Balaban J connectivity index is 1.89. The third-order valence-corrected chi connectivity index (χ3v) is 6.07. The molecule has 0 amide bonds. The first-order chi connectivity index (χ1) is 15.1. The van der Waals surface area contributed by atoms with Crippen molar-refractivity contribution in [2.24, 2.45) is 0 Å². The number of ether oxygens (including phenoxy) is 1. The second kappa shape index (κ2) is 9.31. The molecule has 1 aliphatic carbocycles. The number of carbonyl (C=O) groups is 1. The number of benzene rings is 2. The predicted molar refractivity (Wildman–Crippen MR) is 115 cm³/mol. The van der Waals surface area contributed by atoms with Gasteiger partial charge in [-0.15, -0.1) is 10.1 Å². The Kier molecular flexibility index (Phi) is 6.73.